The summed E-state index contributed by atoms with van der Waals surface area (Å²) in [6.45, 7) is 3.00. The molecule has 2 heterocycles. The zero-order valence-corrected chi connectivity index (χ0v) is 17.5. The van der Waals surface area contributed by atoms with Gasteiger partial charge in [0.25, 0.3) is 5.91 Å². The highest BCUT2D eigenvalue weighted by Gasteiger charge is 2.45. The third-order valence-corrected chi connectivity index (χ3v) is 5.99. The predicted octanol–water partition coefficient (Wildman–Crippen LogP) is 2.55. The zero-order valence-electron chi connectivity index (χ0n) is 15.9. The maximum Gasteiger partial charge on any atom is 0.266 e. The fourth-order valence-electron chi connectivity index (χ4n) is 3.73. The van der Waals surface area contributed by atoms with Gasteiger partial charge in [0, 0.05) is 37.5 Å². The van der Waals surface area contributed by atoms with Crippen LogP contribution in [0.3, 0.4) is 0 Å². The van der Waals surface area contributed by atoms with Crippen molar-refractivity contribution >= 4 is 36.0 Å². The maximum atomic E-state index is 13.4. The van der Waals surface area contributed by atoms with E-state index in [9.17, 15) is 9.59 Å². The van der Waals surface area contributed by atoms with E-state index in [-0.39, 0.29) is 17.6 Å². The van der Waals surface area contributed by atoms with Gasteiger partial charge >= 0.3 is 0 Å². The highest BCUT2D eigenvalue weighted by molar-refractivity contribution is 7.81. The van der Waals surface area contributed by atoms with Crippen molar-refractivity contribution in [2.75, 3.05) is 38.6 Å². The van der Waals surface area contributed by atoms with Gasteiger partial charge < -0.3 is 19.7 Å². The molecule has 1 N–H and O–H groups in total. The van der Waals surface area contributed by atoms with Gasteiger partial charge in [-0.05, 0) is 43.0 Å². The van der Waals surface area contributed by atoms with Gasteiger partial charge in [0.2, 0.25) is 5.91 Å². The van der Waals surface area contributed by atoms with Crippen LogP contribution >= 0.6 is 24.2 Å². The van der Waals surface area contributed by atoms with Crippen LogP contribution in [0, 0.1) is 5.92 Å². The van der Waals surface area contributed by atoms with Crippen LogP contribution < -0.4 is 10.1 Å². The van der Waals surface area contributed by atoms with Crippen LogP contribution in [-0.2, 0) is 14.3 Å². The first-order valence-corrected chi connectivity index (χ1v) is 10.7. The number of nitrogens with zero attached hydrogens (tertiary/aromatic N) is 1. The number of benzene rings is 1. The number of halogens is 1. The van der Waals surface area contributed by atoms with Crippen LogP contribution in [0.15, 0.2) is 24.3 Å². The third-order valence-electron chi connectivity index (χ3n) is 5.45. The molecule has 0 atom stereocenters. The molecule has 0 bridgehead atoms. The molecule has 28 heavy (non-hydrogen) atoms. The lowest BCUT2D eigenvalue weighted by Crippen LogP contribution is -2.57. The molecule has 2 fully saturated rings. The van der Waals surface area contributed by atoms with E-state index in [0.717, 1.165) is 12.8 Å². The van der Waals surface area contributed by atoms with Gasteiger partial charge in [-0.25, -0.2) is 0 Å². The normalized spacial score (nSPS) is 19.9. The van der Waals surface area contributed by atoms with Gasteiger partial charge in [0.05, 0.1) is 19.0 Å². The maximum absolute atomic E-state index is 13.4. The molecule has 0 radical (unpaired) electrons. The molecule has 2 aliphatic rings. The summed E-state index contributed by atoms with van der Waals surface area (Å²) < 4.78 is 11.7. The Morgan fingerprint density at radius 1 is 1.21 bits per heavy atom. The molecule has 8 heteroatoms. The third kappa shape index (κ3) is 5.33. The molecule has 1 aromatic rings. The van der Waals surface area contributed by atoms with Crippen LogP contribution in [0.1, 0.15) is 25.7 Å². The van der Waals surface area contributed by atoms with Crippen molar-refractivity contribution in [1.82, 2.24) is 10.2 Å². The fourth-order valence-corrected chi connectivity index (χ4v) is 3.97. The molecular formula is C20H27ClN2O4S. The molecule has 6 nitrogen and oxygen atoms in total. The van der Waals surface area contributed by atoms with Crippen molar-refractivity contribution in [3.05, 3.63) is 29.3 Å². The largest absolute Gasteiger partial charge is 0.477 e. The van der Waals surface area contributed by atoms with Gasteiger partial charge in [-0.2, -0.15) is 12.6 Å². The van der Waals surface area contributed by atoms with Gasteiger partial charge in [-0.15, -0.1) is 0 Å². The van der Waals surface area contributed by atoms with Crippen LogP contribution in [0.5, 0.6) is 5.75 Å². The Kier molecular flexibility index (Phi) is 7.48. The van der Waals surface area contributed by atoms with Crippen molar-refractivity contribution in [3.63, 3.8) is 0 Å². The van der Waals surface area contributed by atoms with E-state index in [2.05, 4.69) is 17.9 Å². The molecule has 3 rings (SSSR count). The van der Waals surface area contributed by atoms with E-state index in [1.54, 1.807) is 24.3 Å². The molecule has 1 aromatic carbocycles. The van der Waals surface area contributed by atoms with Crippen molar-refractivity contribution < 1.29 is 19.1 Å². The van der Waals surface area contributed by atoms with Gasteiger partial charge in [0.15, 0.2) is 5.60 Å². The van der Waals surface area contributed by atoms with Gasteiger partial charge in [-0.1, -0.05) is 11.6 Å². The Balaban J connectivity index is 1.62. The number of nitrogens with one attached hydrogen (secondary N) is 1. The second-order valence-electron chi connectivity index (χ2n) is 7.36. The molecule has 2 amide bonds. The number of likely N-dealkylation sites (tertiary alicyclic amines) is 1. The Hall–Kier alpha value is -1.44. The first-order valence-electron chi connectivity index (χ1n) is 9.72. The van der Waals surface area contributed by atoms with E-state index in [0.29, 0.717) is 62.4 Å². The molecule has 0 spiro atoms. The minimum absolute atomic E-state index is 0.0311. The monoisotopic (exact) mass is 426 g/mol. The van der Waals surface area contributed by atoms with Gasteiger partial charge in [-0.3, -0.25) is 9.59 Å². The molecule has 0 unspecified atom stereocenters. The SMILES string of the molecule is O=C(CS)NCC1CCN(C(=O)C2(Oc3ccc(Cl)cc3)CCOCC2)CC1. The average Bonchev–Trinajstić information content (AvgIpc) is 2.74. The highest BCUT2D eigenvalue weighted by atomic mass is 35.5. The minimum atomic E-state index is -0.890. The van der Waals surface area contributed by atoms with E-state index in [1.807, 2.05) is 4.90 Å². The molecule has 2 aliphatic heterocycles. The Bertz CT molecular complexity index is 671. The van der Waals surface area contributed by atoms with Crippen molar-refractivity contribution in [2.24, 2.45) is 5.92 Å². The summed E-state index contributed by atoms with van der Waals surface area (Å²) >= 11 is 9.93. The number of hydrogen-bond donors (Lipinski definition) is 2. The minimum Gasteiger partial charge on any atom is -0.477 e. The van der Waals surface area contributed by atoms with Crippen LogP contribution in [-0.4, -0.2) is 60.9 Å². The Morgan fingerprint density at radius 2 is 1.86 bits per heavy atom. The summed E-state index contributed by atoms with van der Waals surface area (Å²) in [5, 5.41) is 3.51. The molecule has 2 saturated heterocycles. The van der Waals surface area contributed by atoms with E-state index < -0.39 is 5.60 Å². The summed E-state index contributed by atoms with van der Waals surface area (Å²) in [6.07, 6.45) is 2.80. The van der Waals surface area contributed by atoms with E-state index in [1.165, 1.54) is 0 Å². The summed E-state index contributed by atoms with van der Waals surface area (Å²) in [5.41, 5.74) is -0.890. The number of rotatable bonds is 6. The second kappa shape index (κ2) is 9.85. The summed E-state index contributed by atoms with van der Waals surface area (Å²) in [5.74, 6) is 1.20. The van der Waals surface area contributed by atoms with Gasteiger partial charge in [0.1, 0.15) is 5.75 Å². The molecule has 0 saturated carbocycles. The lowest BCUT2D eigenvalue weighted by molar-refractivity contribution is -0.158. The second-order valence-corrected chi connectivity index (χ2v) is 8.11. The number of piperidine rings is 1. The quantitative estimate of drug-likeness (QED) is 0.686. The van der Waals surface area contributed by atoms with E-state index in [4.69, 9.17) is 21.1 Å². The molecular weight excluding hydrogens is 400 g/mol. The van der Waals surface area contributed by atoms with Crippen LogP contribution in [0.2, 0.25) is 5.02 Å². The highest BCUT2D eigenvalue weighted by Crippen LogP contribution is 2.32. The summed E-state index contributed by atoms with van der Waals surface area (Å²) in [6, 6.07) is 7.12. The number of thiol groups is 1. The fraction of sp³-hybridized carbons (Fsp3) is 0.600. The smallest absolute Gasteiger partial charge is 0.266 e. The van der Waals surface area contributed by atoms with Crippen molar-refractivity contribution in [2.45, 2.75) is 31.3 Å². The van der Waals surface area contributed by atoms with Crippen molar-refractivity contribution in [3.8, 4) is 5.75 Å². The van der Waals surface area contributed by atoms with E-state index >= 15 is 0 Å². The molecule has 0 aliphatic carbocycles. The number of carbonyl (C=O) groups is 2. The average molecular weight is 427 g/mol. The topological polar surface area (TPSA) is 67.9 Å². The van der Waals surface area contributed by atoms with Crippen LogP contribution in [0.4, 0.5) is 0 Å². The summed E-state index contributed by atoms with van der Waals surface area (Å²) in [7, 11) is 0. The Labute approximate surface area is 176 Å². The van der Waals surface area contributed by atoms with Crippen LogP contribution in [0.25, 0.3) is 0 Å². The van der Waals surface area contributed by atoms with Crippen molar-refractivity contribution in [1.29, 1.82) is 0 Å². The number of hydrogen-bond acceptors (Lipinski definition) is 5. The predicted molar refractivity (Wildman–Crippen MR) is 111 cm³/mol. The summed E-state index contributed by atoms with van der Waals surface area (Å²) in [4.78, 5) is 26.7. The Morgan fingerprint density at radius 3 is 2.46 bits per heavy atom. The lowest BCUT2D eigenvalue weighted by Gasteiger charge is -2.42. The first kappa shape index (κ1) is 21.3. The standard InChI is InChI=1S/C20H27ClN2O4S/c21-16-1-3-17(4-2-16)27-20(7-11-26-12-8-20)19(25)23-9-5-15(6-10-23)13-22-18(24)14-28/h1-4,15,28H,5-14H2,(H,22,24). The number of ether oxygens (including phenoxy) is 2. The lowest BCUT2D eigenvalue weighted by atomic mass is 9.89. The first-order chi connectivity index (χ1) is 13.5. The number of amides is 2. The number of carbonyl (C=O) groups excluding carboxylic acids is 2. The zero-order chi connectivity index (χ0) is 20.0. The molecule has 0 aromatic heterocycles. The molecule has 154 valence electrons.